The standard InChI is InChI=1S/C24H21NO3/c1-27-22-11-10-19-16-21(9-8-20(19)17-22)24(26)12-7-18-5-4-6-23(15-18)28-14-3-2-13-25/h4-12,15-17H,2-3,14H2,1H3/b12-7+. The molecule has 0 saturated carbocycles. The Labute approximate surface area is 164 Å². The maximum atomic E-state index is 12.5. The first-order valence-electron chi connectivity index (χ1n) is 9.09. The van der Waals surface area contributed by atoms with Gasteiger partial charge in [0.2, 0.25) is 0 Å². The van der Waals surface area contributed by atoms with Crippen LogP contribution < -0.4 is 9.47 Å². The summed E-state index contributed by atoms with van der Waals surface area (Å²) in [5.74, 6) is 1.46. The molecule has 0 radical (unpaired) electrons. The summed E-state index contributed by atoms with van der Waals surface area (Å²) in [5.41, 5.74) is 1.52. The molecule has 0 aliphatic rings. The SMILES string of the molecule is COc1ccc2cc(C(=O)/C=C/c3cccc(OCCCC#N)c3)ccc2c1. The molecule has 0 heterocycles. The van der Waals surface area contributed by atoms with Crippen molar-refractivity contribution in [3.8, 4) is 17.6 Å². The van der Waals surface area contributed by atoms with Gasteiger partial charge in [-0.2, -0.15) is 5.26 Å². The van der Waals surface area contributed by atoms with E-state index in [4.69, 9.17) is 14.7 Å². The van der Waals surface area contributed by atoms with Gasteiger partial charge in [-0.25, -0.2) is 0 Å². The number of nitrogens with zero attached hydrogens (tertiary/aromatic N) is 1. The molecule has 3 rings (SSSR count). The third-order valence-electron chi connectivity index (χ3n) is 4.32. The minimum atomic E-state index is -0.0574. The molecule has 0 N–H and O–H groups in total. The van der Waals surface area contributed by atoms with Gasteiger partial charge in [0.05, 0.1) is 19.8 Å². The van der Waals surface area contributed by atoms with Gasteiger partial charge in [-0.05, 0) is 59.2 Å². The highest BCUT2D eigenvalue weighted by molar-refractivity contribution is 6.08. The highest BCUT2D eigenvalue weighted by Gasteiger charge is 2.04. The molecular weight excluding hydrogens is 350 g/mol. The van der Waals surface area contributed by atoms with E-state index in [1.807, 2.05) is 60.7 Å². The maximum absolute atomic E-state index is 12.5. The average Bonchev–Trinajstić information content (AvgIpc) is 2.74. The summed E-state index contributed by atoms with van der Waals surface area (Å²) < 4.78 is 10.9. The zero-order chi connectivity index (χ0) is 19.8. The summed E-state index contributed by atoms with van der Waals surface area (Å²) in [6, 6.07) is 21.0. The number of rotatable bonds is 8. The monoisotopic (exact) mass is 371 g/mol. The third-order valence-corrected chi connectivity index (χ3v) is 4.32. The maximum Gasteiger partial charge on any atom is 0.185 e. The molecule has 0 aromatic heterocycles. The van der Waals surface area contributed by atoms with E-state index in [1.165, 1.54) is 0 Å². The highest BCUT2D eigenvalue weighted by atomic mass is 16.5. The van der Waals surface area contributed by atoms with E-state index in [-0.39, 0.29) is 5.78 Å². The van der Waals surface area contributed by atoms with E-state index in [2.05, 4.69) is 6.07 Å². The van der Waals surface area contributed by atoms with Crippen molar-refractivity contribution in [2.24, 2.45) is 0 Å². The van der Waals surface area contributed by atoms with Gasteiger partial charge in [0.15, 0.2) is 5.78 Å². The normalized spacial score (nSPS) is 10.7. The second-order valence-corrected chi connectivity index (χ2v) is 6.31. The van der Waals surface area contributed by atoms with Gasteiger partial charge >= 0.3 is 0 Å². The number of hydrogen-bond acceptors (Lipinski definition) is 4. The van der Waals surface area contributed by atoms with Crippen molar-refractivity contribution in [2.75, 3.05) is 13.7 Å². The number of carbonyl (C=O) groups is 1. The fourth-order valence-corrected chi connectivity index (χ4v) is 2.82. The lowest BCUT2D eigenvalue weighted by Gasteiger charge is -2.05. The number of ether oxygens (including phenoxy) is 2. The van der Waals surface area contributed by atoms with Gasteiger partial charge in [0.1, 0.15) is 11.5 Å². The number of methoxy groups -OCH3 is 1. The van der Waals surface area contributed by atoms with Crippen molar-refractivity contribution in [2.45, 2.75) is 12.8 Å². The lowest BCUT2D eigenvalue weighted by Crippen LogP contribution is -1.97. The lowest BCUT2D eigenvalue weighted by atomic mass is 10.0. The molecular formula is C24H21NO3. The van der Waals surface area contributed by atoms with Crippen molar-refractivity contribution in [3.63, 3.8) is 0 Å². The van der Waals surface area contributed by atoms with E-state index in [0.29, 0.717) is 25.0 Å². The minimum absolute atomic E-state index is 0.0574. The van der Waals surface area contributed by atoms with E-state index in [9.17, 15) is 4.79 Å². The number of benzene rings is 3. The zero-order valence-corrected chi connectivity index (χ0v) is 15.7. The first kappa shape index (κ1) is 19.2. The first-order valence-corrected chi connectivity index (χ1v) is 9.09. The molecule has 0 unspecified atom stereocenters. The van der Waals surface area contributed by atoms with Gasteiger partial charge in [0, 0.05) is 12.0 Å². The zero-order valence-electron chi connectivity index (χ0n) is 15.7. The quantitative estimate of drug-likeness (QED) is 0.301. The molecule has 140 valence electrons. The van der Waals surface area contributed by atoms with Gasteiger partial charge in [-0.3, -0.25) is 4.79 Å². The number of allylic oxidation sites excluding steroid dienone is 1. The molecule has 3 aromatic rings. The number of fused-ring (bicyclic) bond motifs is 1. The van der Waals surface area contributed by atoms with Crippen molar-refractivity contribution in [1.82, 2.24) is 0 Å². The molecule has 4 heteroatoms. The highest BCUT2D eigenvalue weighted by Crippen LogP contribution is 2.22. The second kappa shape index (κ2) is 9.38. The summed E-state index contributed by atoms with van der Waals surface area (Å²) >= 11 is 0. The summed E-state index contributed by atoms with van der Waals surface area (Å²) in [5, 5.41) is 10.6. The van der Waals surface area contributed by atoms with Crippen LogP contribution in [0.15, 0.2) is 66.7 Å². The molecule has 0 spiro atoms. The topological polar surface area (TPSA) is 59.3 Å². The summed E-state index contributed by atoms with van der Waals surface area (Å²) in [6.45, 7) is 0.502. The minimum Gasteiger partial charge on any atom is -0.497 e. The average molecular weight is 371 g/mol. The molecule has 0 bridgehead atoms. The number of unbranched alkanes of at least 4 members (excludes halogenated alkanes) is 1. The van der Waals surface area contributed by atoms with E-state index in [1.54, 1.807) is 19.3 Å². The Morgan fingerprint density at radius 1 is 1.04 bits per heavy atom. The van der Waals surface area contributed by atoms with Gasteiger partial charge in [-0.1, -0.05) is 36.4 Å². The Morgan fingerprint density at radius 2 is 1.86 bits per heavy atom. The molecule has 0 fully saturated rings. The Hall–Kier alpha value is -3.58. The van der Waals surface area contributed by atoms with Crippen LogP contribution in [0.4, 0.5) is 0 Å². The molecule has 4 nitrogen and oxygen atoms in total. The van der Waals surface area contributed by atoms with Crippen molar-refractivity contribution in [3.05, 3.63) is 77.9 Å². The van der Waals surface area contributed by atoms with Crippen LogP contribution in [0.1, 0.15) is 28.8 Å². The van der Waals surface area contributed by atoms with Crippen molar-refractivity contribution in [1.29, 1.82) is 5.26 Å². The van der Waals surface area contributed by atoms with E-state index >= 15 is 0 Å². The Bertz CT molecular complexity index is 1050. The molecule has 0 saturated heterocycles. The van der Waals surface area contributed by atoms with E-state index in [0.717, 1.165) is 27.8 Å². The molecule has 3 aromatic carbocycles. The Balaban J connectivity index is 1.69. The van der Waals surface area contributed by atoms with Crippen molar-refractivity contribution < 1.29 is 14.3 Å². The van der Waals surface area contributed by atoms with Gasteiger partial charge in [-0.15, -0.1) is 0 Å². The Kier molecular flexibility index (Phi) is 6.43. The largest absolute Gasteiger partial charge is 0.497 e. The van der Waals surface area contributed by atoms with Crippen LogP contribution in [-0.2, 0) is 0 Å². The lowest BCUT2D eigenvalue weighted by molar-refractivity contribution is 0.104. The number of ketones is 1. The van der Waals surface area contributed by atoms with Crippen LogP contribution in [0.2, 0.25) is 0 Å². The van der Waals surface area contributed by atoms with Gasteiger partial charge < -0.3 is 9.47 Å². The van der Waals surface area contributed by atoms with Gasteiger partial charge in [0.25, 0.3) is 0 Å². The summed E-state index contributed by atoms with van der Waals surface area (Å²) in [7, 11) is 1.64. The molecule has 0 aliphatic carbocycles. The van der Waals surface area contributed by atoms with Crippen molar-refractivity contribution >= 4 is 22.6 Å². The smallest absolute Gasteiger partial charge is 0.185 e. The first-order chi connectivity index (χ1) is 13.7. The molecule has 0 atom stereocenters. The van der Waals surface area contributed by atoms with Crippen LogP contribution in [-0.4, -0.2) is 19.5 Å². The van der Waals surface area contributed by atoms with Crippen LogP contribution in [0.25, 0.3) is 16.8 Å². The molecule has 0 amide bonds. The number of nitriles is 1. The summed E-state index contributed by atoms with van der Waals surface area (Å²) in [4.78, 5) is 12.5. The van der Waals surface area contributed by atoms with Crippen LogP contribution >= 0.6 is 0 Å². The number of hydrogen-bond donors (Lipinski definition) is 0. The van der Waals surface area contributed by atoms with E-state index < -0.39 is 0 Å². The fourth-order valence-electron chi connectivity index (χ4n) is 2.82. The van der Waals surface area contributed by atoms with Crippen LogP contribution in [0, 0.1) is 11.3 Å². The summed E-state index contributed by atoms with van der Waals surface area (Å²) in [6.07, 6.45) is 4.53. The van der Waals surface area contributed by atoms with Crippen LogP contribution in [0.3, 0.4) is 0 Å². The second-order valence-electron chi connectivity index (χ2n) is 6.31. The Morgan fingerprint density at radius 3 is 2.68 bits per heavy atom. The number of carbonyl (C=O) groups excluding carboxylic acids is 1. The third kappa shape index (κ3) is 4.99. The van der Waals surface area contributed by atoms with Crippen LogP contribution in [0.5, 0.6) is 11.5 Å². The fraction of sp³-hybridized carbons (Fsp3) is 0.167. The predicted octanol–water partition coefficient (Wildman–Crippen LogP) is 5.43. The predicted molar refractivity (Wildman–Crippen MR) is 111 cm³/mol. The molecule has 28 heavy (non-hydrogen) atoms. The molecule has 0 aliphatic heterocycles.